The second-order valence-electron chi connectivity index (χ2n) is 6.19. The van der Waals surface area contributed by atoms with Gasteiger partial charge in [0.05, 0.1) is 0 Å². The minimum Gasteiger partial charge on any atom is -0.0620 e. The van der Waals surface area contributed by atoms with E-state index in [1.54, 1.807) is 22.3 Å². The largest absolute Gasteiger partial charge is 0.0620 e. The van der Waals surface area contributed by atoms with Crippen molar-refractivity contribution >= 4 is 0 Å². The van der Waals surface area contributed by atoms with Crippen LogP contribution in [0.15, 0.2) is 48.5 Å². The molecule has 1 fully saturated rings. The summed E-state index contributed by atoms with van der Waals surface area (Å²) in [6.07, 6.45) is 5.40. The van der Waals surface area contributed by atoms with Gasteiger partial charge in [0.25, 0.3) is 0 Å². The highest BCUT2D eigenvalue weighted by Gasteiger charge is 2.43. The van der Waals surface area contributed by atoms with Gasteiger partial charge in [-0.15, -0.1) is 0 Å². The molecule has 0 amide bonds. The number of hydrogen-bond donors (Lipinski definition) is 0. The molecule has 0 aromatic heterocycles. The van der Waals surface area contributed by atoms with Gasteiger partial charge in [0.1, 0.15) is 0 Å². The fourth-order valence-corrected chi connectivity index (χ4v) is 4.45. The van der Waals surface area contributed by atoms with Crippen molar-refractivity contribution in [2.24, 2.45) is 0 Å². The maximum absolute atomic E-state index is 2.38. The number of benzene rings is 2. The lowest BCUT2D eigenvalue weighted by Crippen LogP contribution is -2.31. The van der Waals surface area contributed by atoms with Gasteiger partial charge in [0.2, 0.25) is 0 Å². The van der Waals surface area contributed by atoms with E-state index in [0.29, 0.717) is 11.3 Å². The molecule has 2 aromatic carbocycles. The van der Waals surface area contributed by atoms with Crippen molar-refractivity contribution in [3.05, 3.63) is 70.8 Å². The second-order valence-corrected chi connectivity index (χ2v) is 6.19. The Balaban J connectivity index is 2.05. The van der Waals surface area contributed by atoms with Crippen LogP contribution in [-0.2, 0) is 5.41 Å². The van der Waals surface area contributed by atoms with Crippen LogP contribution in [0.1, 0.15) is 60.8 Å². The monoisotopic (exact) mass is 248 g/mol. The number of fused-ring (bicyclic) bond motifs is 4. The van der Waals surface area contributed by atoms with E-state index in [9.17, 15) is 0 Å². The van der Waals surface area contributed by atoms with Crippen LogP contribution in [0.5, 0.6) is 0 Å². The minimum atomic E-state index is 0.319. The highest BCUT2D eigenvalue weighted by atomic mass is 14.5. The van der Waals surface area contributed by atoms with Crippen molar-refractivity contribution in [3.63, 3.8) is 0 Å². The van der Waals surface area contributed by atoms with E-state index < -0.39 is 0 Å². The van der Waals surface area contributed by atoms with E-state index in [2.05, 4.69) is 55.5 Å². The molecule has 0 radical (unpaired) electrons. The Hall–Kier alpha value is -1.56. The predicted octanol–water partition coefficient (Wildman–Crippen LogP) is 5.01. The van der Waals surface area contributed by atoms with E-state index in [1.165, 1.54) is 25.7 Å². The van der Waals surface area contributed by atoms with Gasteiger partial charge in [-0.3, -0.25) is 0 Å². The molecule has 1 saturated carbocycles. The lowest BCUT2D eigenvalue weighted by molar-refractivity contribution is 0.504. The van der Waals surface area contributed by atoms with Crippen molar-refractivity contribution < 1.29 is 0 Å². The molecule has 0 nitrogen and oxygen atoms in total. The summed E-state index contributed by atoms with van der Waals surface area (Å²) in [6, 6.07) is 18.3. The maximum atomic E-state index is 2.38. The van der Waals surface area contributed by atoms with Gasteiger partial charge >= 0.3 is 0 Å². The average Bonchev–Trinajstić information content (AvgIpc) is 2.96. The van der Waals surface area contributed by atoms with Crippen LogP contribution in [0.2, 0.25) is 0 Å². The standard InChI is InChI=1S/C19H20/c1-14-15-8-2-4-10-17(15)19(12-6-7-13-19)18-11-5-3-9-16(14)18/h2-5,8-11,14H,6-7,12-13H2,1H3. The van der Waals surface area contributed by atoms with Gasteiger partial charge in [0.15, 0.2) is 0 Å². The lowest BCUT2D eigenvalue weighted by atomic mass is 9.63. The highest BCUT2D eigenvalue weighted by Crippen LogP contribution is 2.54. The Kier molecular flexibility index (Phi) is 2.35. The zero-order valence-electron chi connectivity index (χ0n) is 11.5. The minimum absolute atomic E-state index is 0.319. The van der Waals surface area contributed by atoms with Crippen LogP contribution in [0, 0.1) is 0 Å². The van der Waals surface area contributed by atoms with Crippen molar-refractivity contribution in [1.82, 2.24) is 0 Å². The Bertz CT molecular complexity index is 568. The van der Waals surface area contributed by atoms with Crippen LogP contribution in [-0.4, -0.2) is 0 Å². The Morgan fingerprint density at radius 1 is 0.789 bits per heavy atom. The molecule has 19 heavy (non-hydrogen) atoms. The molecule has 0 saturated heterocycles. The fourth-order valence-electron chi connectivity index (χ4n) is 4.45. The lowest BCUT2D eigenvalue weighted by Gasteiger charge is -2.41. The van der Waals surface area contributed by atoms with E-state index in [-0.39, 0.29) is 0 Å². The normalized spacial score (nSPS) is 20.3. The average molecular weight is 248 g/mol. The summed E-state index contributed by atoms with van der Waals surface area (Å²) < 4.78 is 0. The second kappa shape index (κ2) is 3.96. The topological polar surface area (TPSA) is 0 Å². The first-order chi connectivity index (χ1) is 9.33. The fraction of sp³-hybridized carbons (Fsp3) is 0.368. The van der Waals surface area contributed by atoms with Crippen LogP contribution in [0.3, 0.4) is 0 Å². The Labute approximate surface area is 115 Å². The molecular weight excluding hydrogens is 228 g/mol. The number of rotatable bonds is 0. The Morgan fingerprint density at radius 3 is 1.79 bits per heavy atom. The zero-order chi connectivity index (χ0) is 12.9. The first-order valence-electron chi connectivity index (χ1n) is 7.52. The predicted molar refractivity (Wildman–Crippen MR) is 79.6 cm³/mol. The molecule has 0 bridgehead atoms. The maximum Gasteiger partial charge on any atom is 0.0208 e. The van der Waals surface area contributed by atoms with Gasteiger partial charge in [-0.1, -0.05) is 68.3 Å². The smallest absolute Gasteiger partial charge is 0.0208 e. The summed E-state index contributed by atoms with van der Waals surface area (Å²) in [4.78, 5) is 0. The van der Waals surface area contributed by atoms with Gasteiger partial charge < -0.3 is 0 Å². The van der Waals surface area contributed by atoms with Crippen LogP contribution in [0.25, 0.3) is 0 Å². The van der Waals surface area contributed by atoms with Crippen LogP contribution < -0.4 is 0 Å². The van der Waals surface area contributed by atoms with Crippen molar-refractivity contribution in [2.45, 2.75) is 43.9 Å². The summed E-state index contributed by atoms with van der Waals surface area (Å²) in [5.41, 5.74) is 6.66. The molecule has 96 valence electrons. The summed E-state index contributed by atoms with van der Waals surface area (Å²) >= 11 is 0. The van der Waals surface area contributed by atoms with Gasteiger partial charge in [0, 0.05) is 11.3 Å². The van der Waals surface area contributed by atoms with E-state index in [1.807, 2.05) is 0 Å². The summed E-state index contributed by atoms with van der Waals surface area (Å²) in [5, 5.41) is 0. The molecule has 0 atom stereocenters. The summed E-state index contributed by atoms with van der Waals surface area (Å²) in [6.45, 7) is 2.36. The van der Waals surface area contributed by atoms with Gasteiger partial charge in [-0.25, -0.2) is 0 Å². The highest BCUT2D eigenvalue weighted by molar-refractivity contribution is 5.56. The Morgan fingerprint density at radius 2 is 1.26 bits per heavy atom. The third-order valence-corrected chi connectivity index (χ3v) is 5.34. The molecule has 0 N–H and O–H groups in total. The zero-order valence-corrected chi connectivity index (χ0v) is 11.5. The molecule has 0 heterocycles. The van der Waals surface area contributed by atoms with Gasteiger partial charge in [-0.05, 0) is 35.1 Å². The molecular formula is C19H20. The van der Waals surface area contributed by atoms with E-state index in [4.69, 9.17) is 0 Å². The first-order valence-corrected chi connectivity index (χ1v) is 7.52. The quantitative estimate of drug-likeness (QED) is 0.614. The number of hydrogen-bond acceptors (Lipinski definition) is 0. The van der Waals surface area contributed by atoms with Gasteiger partial charge in [-0.2, -0.15) is 0 Å². The third-order valence-electron chi connectivity index (χ3n) is 5.34. The molecule has 1 spiro atoms. The molecule has 0 aliphatic heterocycles. The summed E-state index contributed by atoms with van der Waals surface area (Å²) in [7, 11) is 0. The SMILES string of the molecule is CC1c2ccccc2C2(CCCC2)c2ccccc21. The van der Waals surface area contributed by atoms with Crippen molar-refractivity contribution in [3.8, 4) is 0 Å². The van der Waals surface area contributed by atoms with Crippen molar-refractivity contribution in [1.29, 1.82) is 0 Å². The van der Waals surface area contributed by atoms with Crippen LogP contribution >= 0.6 is 0 Å². The van der Waals surface area contributed by atoms with Crippen LogP contribution in [0.4, 0.5) is 0 Å². The van der Waals surface area contributed by atoms with E-state index >= 15 is 0 Å². The molecule has 0 unspecified atom stereocenters. The van der Waals surface area contributed by atoms with Crippen molar-refractivity contribution in [2.75, 3.05) is 0 Å². The molecule has 4 rings (SSSR count). The molecule has 2 aromatic rings. The summed E-state index contributed by atoms with van der Waals surface area (Å²) in [5.74, 6) is 0.540. The third kappa shape index (κ3) is 1.40. The molecule has 2 aliphatic rings. The molecule has 0 heteroatoms. The molecule has 2 aliphatic carbocycles. The first kappa shape index (κ1) is 11.3. The van der Waals surface area contributed by atoms with E-state index in [0.717, 1.165) is 0 Å².